The predicted molar refractivity (Wildman–Crippen MR) is 93.3 cm³/mol. The van der Waals surface area contributed by atoms with Crippen LogP contribution in [-0.2, 0) is 11.2 Å². The van der Waals surface area contributed by atoms with Crippen LogP contribution in [0.3, 0.4) is 0 Å². The number of hydrogen-bond donors (Lipinski definition) is 0. The Balaban J connectivity index is 1.63. The second-order valence-electron chi connectivity index (χ2n) is 5.62. The van der Waals surface area contributed by atoms with Gasteiger partial charge >= 0.3 is 0 Å². The van der Waals surface area contributed by atoms with Crippen molar-refractivity contribution < 1.29 is 4.79 Å². The van der Waals surface area contributed by atoms with Gasteiger partial charge < -0.3 is 4.90 Å². The van der Waals surface area contributed by atoms with E-state index in [0.29, 0.717) is 0 Å². The molecule has 0 N–H and O–H groups in total. The zero-order chi connectivity index (χ0) is 15.6. The molecule has 0 bridgehead atoms. The summed E-state index contributed by atoms with van der Waals surface area (Å²) in [7, 11) is 0. The Bertz CT molecular complexity index is 909. The van der Waals surface area contributed by atoms with Gasteiger partial charge in [-0.15, -0.1) is 0 Å². The molecular formula is C20H16N2O. The number of anilines is 1. The summed E-state index contributed by atoms with van der Waals surface area (Å²) < 4.78 is 0. The van der Waals surface area contributed by atoms with Gasteiger partial charge in [0.25, 0.3) is 5.91 Å². The summed E-state index contributed by atoms with van der Waals surface area (Å²) in [6.45, 7) is 0.746. The maximum Gasteiger partial charge on any atom is 0.251 e. The number of pyridine rings is 1. The lowest BCUT2D eigenvalue weighted by atomic mass is 10.1. The van der Waals surface area contributed by atoms with Crippen LogP contribution < -0.4 is 4.90 Å². The smallest absolute Gasteiger partial charge is 0.251 e. The van der Waals surface area contributed by atoms with Gasteiger partial charge in [-0.1, -0.05) is 42.5 Å². The molecule has 3 nitrogen and oxygen atoms in total. The Morgan fingerprint density at radius 2 is 1.91 bits per heavy atom. The van der Waals surface area contributed by atoms with Gasteiger partial charge in [0.2, 0.25) is 0 Å². The van der Waals surface area contributed by atoms with E-state index in [0.717, 1.165) is 35.1 Å². The fourth-order valence-corrected chi connectivity index (χ4v) is 3.08. The Hall–Kier alpha value is -2.94. The van der Waals surface area contributed by atoms with Crippen LogP contribution in [0.25, 0.3) is 17.0 Å². The molecule has 0 fully saturated rings. The second kappa shape index (κ2) is 5.69. The third-order valence-corrected chi connectivity index (χ3v) is 4.22. The molecule has 1 amide bonds. The van der Waals surface area contributed by atoms with E-state index in [-0.39, 0.29) is 5.91 Å². The first-order valence-corrected chi connectivity index (χ1v) is 7.74. The van der Waals surface area contributed by atoms with Crippen LogP contribution in [0.15, 0.2) is 66.9 Å². The van der Waals surface area contributed by atoms with Gasteiger partial charge in [-0.05, 0) is 30.2 Å². The number of para-hydroxylation sites is 2. The van der Waals surface area contributed by atoms with E-state index in [1.807, 2.05) is 59.5 Å². The van der Waals surface area contributed by atoms with Crippen molar-refractivity contribution in [2.75, 3.05) is 11.4 Å². The Morgan fingerprint density at radius 1 is 1.04 bits per heavy atom. The third kappa shape index (κ3) is 2.50. The van der Waals surface area contributed by atoms with Crippen LogP contribution in [0.2, 0.25) is 0 Å². The van der Waals surface area contributed by atoms with Gasteiger partial charge in [0.15, 0.2) is 0 Å². The predicted octanol–water partition coefficient (Wildman–Crippen LogP) is 3.84. The van der Waals surface area contributed by atoms with Gasteiger partial charge in [-0.3, -0.25) is 9.78 Å². The van der Waals surface area contributed by atoms with E-state index >= 15 is 0 Å². The largest absolute Gasteiger partial charge is 0.308 e. The lowest BCUT2D eigenvalue weighted by molar-refractivity contribution is -0.114. The van der Waals surface area contributed by atoms with Crippen molar-refractivity contribution in [3.05, 3.63) is 78.0 Å². The Labute approximate surface area is 134 Å². The summed E-state index contributed by atoms with van der Waals surface area (Å²) in [6.07, 6.45) is 6.20. The molecule has 3 aromatic rings. The number of carbonyl (C=O) groups is 1. The fourth-order valence-electron chi connectivity index (χ4n) is 3.08. The number of rotatable bonds is 2. The average Bonchev–Trinajstić information content (AvgIpc) is 3.04. The second-order valence-corrected chi connectivity index (χ2v) is 5.62. The van der Waals surface area contributed by atoms with Gasteiger partial charge in [-0.25, -0.2) is 0 Å². The molecule has 1 aliphatic heterocycles. The summed E-state index contributed by atoms with van der Waals surface area (Å²) in [5.74, 6) is 0.0166. The van der Waals surface area contributed by atoms with Crippen molar-refractivity contribution in [3.8, 4) is 0 Å². The molecule has 0 unspecified atom stereocenters. The number of fused-ring (bicyclic) bond motifs is 2. The highest BCUT2D eigenvalue weighted by Crippen LogP contribution is 2.27. The molecule has 0 spiro atoms. The molecule has 4 rings (SSSR count). The van der Waals surface area contributed by atoms with Crippen LogP contribution in [0.4, 0.5) is 5.69 Å². The van der Waals surface area contributed by atoms with Crippen molar-refractivity contribution in [1.29, 1.82) is 0 Å². The number of hydrogen-bond acceptors (Lipinski definition) is 2. The minimum absolute atomic E-state index is 0.0166. The van der Waals surface area contributed by atoms with Crippen LogP contribution in [0.5, 0.6) is 0 Å². The summed E-state index contributed by atoms with van der Waals surface area (Å²) >= 11 is 0. The summed E-state index contributed by atoms with van der Waals surface area (Å²) in [4.78, 5) is 18.8. The topological polar surface area (TPSA) is 33.2 Å². The molecule has 1 aliphatic rings. The zero-order valence-corrected chi connectivity index (χ0v) is 12.6. The summed E-state index contributed by atoms with van der Waals surface area (Å²) in [5, 5.41) is 1.08. The van der Waals surface area contributed by atoms with E-state index in [4.69, 9.17) is 0 Å². The lowest BCUT2D eigenvalue weighted by Gasteiger charge is -2.14. The summed E-state index contributed by atoms with van der Waals surface area (Å²) in [6, 6.07) is 18.0. The van der Waals surface area contributed by atoms with Crippen LogP contribution in [0.1, 0.15) is 11.1 Å². The SMILES string of the molecule is O=C(C=Cc1cccc2cccnc12)N1CCc2ccccc21. The summed E-state index contributed by atoms with van der Waals surface area (Å²) in [5.41, 5.74) is 4.14. The normalized spacial score (nSPS) is 13.7. The highest BCUT2D eigenvalue weighted by atomic mass is 16.2. The number of nitrogens with zero attached hydrogens (tertiary/aromatic N) is 2. The van der Waals surface area contributed by atoms with Crippen molar-refractivity contribution in [1.82, 2.24) is 4.98 Å². The first-order valence-electron chi connectivity index (χ1n) is 7.74. The fraction of sp³-hybridized carbons (Fsp3) is 0.100. The Morgan fingerprint density at radius 3 is 2.87 bits per heavy atom. The van der Waals surface area contributed by atoms with Crippen LogP contribution in [0, 0.1) is 0 Å². The standard InChI is InChI=1S/C20H16N2O/c23-19(22-14-12-15-5-1-2-9-18(15)22)11-10-17-7-3-6-16-8-4-13-21-20(16)17/h1-11,13H,12,14H2. The quantitative estimate of drug-likeness (QED) is 0.674. The van der Waals surface area contributed by atoms with Crippen molar-refractivity contribution in [2.45, 2.75) is 6.42 Å². The Kier molecular flexibility index (Phi) is 3.39. The molecule has 1 aromatic heterocycles. The van der Waals surface area contributed by atoms with Crippen molar-refractivity contribution in [2.24, 2.45) is 0 Å². The molecule has 3 heteroatoms. The van der Waals surface area contributed by atoms with Gasteiger partial charge in [0.1, 0.15) is 0 Å². The number of carbonyl (C=O) groups excluding carboxylic acids is 1. The first kappa shape index (κ1) is 13.7. The zero-order valence-electron chi connectivity index (χ0n) is 12.6. The lowest BCUT2D eigenvalue weighted by Crippen LogP contribution is -2.26. The first-order chi connectivity index (χ1) is 11.3. The maximum atomic E-state index is 12.5. The molecule has 0 atom stereocenters. The molecule has 2 aromatic carbocycles. The average molecular weight is 300 g/mol. The van der Waals surface area contributed by atoms with Crippen LogP contribution >= 0.6 is 0 Å². The molecule has 0 saturated carbocycles. The van der Waals surface area contributed by atoms with E-state index in [2.05, 4.69) is 11.1 Å². The van der Waals surface area contributed by atoms with Crippen LogP contribution in [-0.4, -0.2) is 17.4 Å². The highest BCUT2D eigenvalue weighted by molar-refractivity contribution is 6.06. The number of amides is 1. The molecule has 0 aliphatic carbocycles. The van der Waals surface area contributed by atoms with E-state index in [1.54, 1.807) is 12.3 Å². The molecule has 23 heavy (non-hydrogen) atoms. The maximum absolute atomic E-state index is 12.5. The van der Waals surface area contributed by atoms with Gasteiger partial charge in [0.05, 0.1) is 5.52 Å². The minimum Gasteiger partial charge on any atom is -0.308 e. The van der Waals surface area contributed by atoms with E-state index in [9.17, 15) is 4.79 Å². The molecule has 112 valence electrons. The highest BCUT2D eigenvalue weighted by Gasteiger charge is 2.22. The van der Waals surface area contributed by atoms with E-state index in [1.165, 1.54) is 5.56 Å². The van der Waals surface area contributed by atoms with Gasteiger partial charge in [-0.2, -0.15) is 0 Å². The number of benzene rings is 2. The van der Waals surface area contributed by atoms with Crippen molar-refractivity contribution in [3.63, 3.8) is 0 Å². The van der Waals surface area contributed by atoms with E-state index < -0.39 is 0 Å². The molecule has 2 heterocycles. The van der Waals surface area contributed by atoms with Crippen molar-refractivity contribution >= 4 is 28.6 Å². The molecule has 0 saturated heterocycles. The number of aromatic nitrogens is 1. The molecule has 0 radical (unpaired) electrons. The minimum atomic E-state index is 0.0166. The molecular weight excluding hydrogens is 284 g/mol. The van der Waals surface area contributed by atoms with Gasteiger partial charge in [0, 0.05) is 35.5 Å². The monoisotopic (exact) mass is 300 g/mol. The third-order valence-electron chi connectivity index (χ3n) is 4.22.